The van der Waals surface area contributed by atoms with E-state index >= 15 is 0 Å². The molecule has 0 fully saturated rings. The fraction of sp³-hybridized carbons (Fsp3) is 0.304. The van der Waals surface area contributed by atoms with Gasteiger partial charge in [-0.2, -0.15) is 0 Å². The molecule has 0 atom stereocenters. The zero-order chi connectivity index (χ0) is 19.6. The van der Waals surface area contributed by atoms with Gasteiger partial charge in [0.25, 0.3) is 0 Å². The monoisotopic (exact) mass is 430 g/mol. The molecule has 0 bridgehead atoms. The molecule has 0 saturated heterocycles. The second-order valence-corrected chi connectivity index (χ2v) is 9.21. The molecule has 3 aromatic rings. The minimum atomic E-state index is -3.52. The number of halogens is 1. The first kappa shape index (κ1) is 21.8. The van der Waals surface area contributed by atoms with E-state index in [-0.39, 0.29) is 12.4 Å². The summed E-state index contributed by atoms with van der Waals surface area (Å²) >= 11 is 0. The van der Waals surface area contributed by atoms with Gasteiger partial charge in [-0.3, -0.25) is 4.90 Å². The summed E-state index contributed by atoms with van der Waals surface area (Å²) < 4.78 is 28.5. The van der Waals surface area contributed by atoms with Crippen molar-refractivity contribution in [3.63, 3.8) is 0 Å². The maximum absolute atomic E-state index is 12.8. The summed E-state index contributed by atoms with van der Waals surface area (Å²) in [6, 6.07) is 19.8. The molecule has 29 heavy (non-hydrogen) atoms. The lowest BCUT2D eigenvalue weighted by Crippen LogP contribution is -2.33. The van der Waals surface area contributed by atoms with Crippen LogP contribution in [-0.4, -0.2) is 33.0 Å². The van der Waals surface area contributed by atoms with Crippen molar-refractivity contribution in [1.82, 2.24) is 9.62 Å². The van der Waals surface area contributed by atoms with Crippen molar-refractivity contribution < 1.29 is 8.42 Å². The molecular formula is C23H27ClN2O2S. The quantitative estimate of drug-likeness (QED) is 0.593. The van der Waals surface area contributed by atoms with Gasteiger partial charge in [0.05, 0.1) is 4.90 Å². The molecule has 0 aromatic heterocycles. The van der Waals surface area contributed by atoms with Gasteiger partial charge in [0, 0.05) is 25.0 Å². The summed E-state index contributed by atoms with van der Waals surface area (Å²) in [5.74, 6) is 0. The Morgan fingerprint density at radius 1 is 0.931 bits per heavy atom. The Bertz CT molecular complexity index is 1100. The van der Waals surface area contributed by atoms with Crippen molar-refractivity contribution in [2.75, 3.05) is 19.6 Å². The Morgan fingerprint density at radius 2 is 1.62 bits per heavy atom. The molecule has 1 aliphatic heterocycles. The normalized spacial score (nSPS) is 14.4. The second kappa shape index (κ2) is 9.26. The first-order valence-electron chi connectivity index (χ1n) is 9.82. The number of rotatable bonds is 6. The van der Waals surface area contributed by atoms with Crippen molar-refractivity contribution in [2.24, 2.45) is 0 Å². The van der Waals surface area contributed by atoms with Crippen LogP contribution in [0.3, 0.4) is 0 Å². The number of hydrogen-bond acceptors (Lipinski definition) is 3. The maximum Gasteiger partial charge on any atom is 0.241 e. The van der Waals surface area contributed by atoms with E-state index in [1.807, 2.05) is 37.3 Å². The number of nitrogens with zero attached hydrogens (tertiary/aromatic N) is 1. The minimum Gasteiger partial charge on any atom is -0.299 e. The summed E-state index contributed by atoms with van der Waals surface area (Å²) in [6.07, 6.45) is 1.86. The molecule has 6 heteroatoms. The molecule has 0 spiro atoms. The van der Waals surface area contributed by atoms with Gasteiger partial charge in [-0.25, -0.2) is 13.1 Å². The molecule has 3 aromatic carbocycles. The highest BCUT2D eigenvalue weighted by atomic mass is 35.5. The maximum atomic E-state index is 12.8. The van der Waals surface area contributed by atoms with Crippen LogP contribution in [0.4, 0.5) is 0 Å². The largest absolute Gasteiger partial charge is 0.299 e. The van der Waals surface area contributed by atoms with Gasteiger partial charge in [0.2, 0.25) is 10.0 Å². The van der Waals surface area contributed by atoms with Crippen LogP contribution in [0.15, 0.2) is 65.6 Å². The van der Waals surface area contributed by atoms with Crippen molar-refractivity contribution in [3.8, 4) is 0 Å². The number of sulfonamides is 1. The molecule has 4 rings (SSSR count). The topological polar surface area (TPSA) is 49.4 Å². The molecule has 4 nitrogen and oxygen atoms in total. The third-order valence-electron chi connectivity index (χ3n) is 5.54. The predicted molar refractivity (Wildman–Crippen MR) is 121 cm³/mol. The molecule has 0 amide bonds. The lowest BCUT2D eigenvalue weighted by atomic mass is 10.00. The highest BCUT2D eigenvalue weighted by molar-refractivity contribution is 7.89. The predicted octanol–water partition coefficient (Wildman–Crippen LogP) is 4.30. The Morgan fingerprint density at radius 3 is 2.41 bits per heavy atom. The van der Waals surface area contributed by atoms with Crippen LogP contribution in [0.1, 0.15) is 23.1 Å². The van der Waals surface area contributed by atoms with E-state index in [1.165, 1.54) is 11.1 Å². The lowest BCUT2D eigenvalue weighted by Gasteiger charge is -2.28. The van der Waals surface area contributed by atoms with Crippen LogP contribution in [0.5, 0.6) is 0 Å². The first-order chi connectivity index (χ1) is 13.5. The molecule has 154 valence electrons. The molecule has 0 unspecified atom stereocenters. The van der Waals surface area contributed by atoms with Gasteiger partial charge in [0.1, 0.15) is 0 Å². The number of fused-ring (bicyclic) bond motifs is 2. The van der Waals surface area contributed by atoms with Gasteiger partial charge >= 0.3 is 0 Å². The van der Waals surface area contributed by atoms with Crippen LogP contribution in [0.25, 0.3) is 10.8 Å². The Balaban J connectivity index is 0.00000240. The fourth-order valence-corrected chi connectivity index (χ4v) is 5.27. The van der Waals surface area contributed by atoms with Gasteiger partial charge in [-0.05, 0) is 54.5 Å². The minimum absolute atomic E-state index is 0. The number of benzene rings is 3. The van der Waals surface area contributed by atoms with E-state index in [0.29, 0.717) is 11.4 Å². The summed E-state index contributed by atoms with van der Waals surface area (Å²) in [7, 11) is -3.52. The van der Waals surface area contributed by atoms with Crippen molar-refractivity contribution in [3.05, 3.63) is 77.4 Å². The van der Waals surface area contributed by atoms with Crippen molar-refractivity contribution in [1.29, 1.82) is 0 Å². The Kier molecular flexibility index (Phi) is 6.96. The van der Waals surface area contributed by atoms with E-state index < -0.39 is 10.0 Å². The average molecular weight is 431 g/mol. The number of nitrogens with one attached hydrogen (secondary N) is 1. The van der Waals surface area contributed by atoms with Crippen LogP contribution in [0.2, 0.25) is 0 Å². The van der Waals surface area contributed by atoms with E-state index in [9.17, 15) is 8.42 Å². The average Bonchev–Trinajstić information content (AvgIpc) is 2.71. The van der Waals surface area contributed by atoms with E-state index in [2.05, 4.69) is 33.9 Å². The SMILES string of the molecule is Cc1ccc(S(=O)(=O)NCCCN2CCc3ccccc3C2)c2ccccc12.Cl. The molecule has 1 heterocycles. The van der Waals surface area contributed by atoms with E-state index in [4.69, 9.17) is 0 Å². The van der Waals surface area contributed by atoms with Gasteiger partial charge in [0.15, 0.2) is 0 Å². The molecule has 1 aliphatic rings. The number of aryl methyl sites for hydroxylation is 1. The summed E-state index contributed by atoms with van der Waals surface area (Å²) in [6.45, 7) is 5.33. The Labute approximate surface area is 179 Å². The standard InChI is InChI=1S/C23H26N2O2S.ClH/c1-18-11-12-23(22-10-5-4-9-21(18)22)28(26,27)24-14-6-15-25-16-13-19-7-2-3-8-20(19)17-25;/h2-5,7-12,24H,6,13-17H2,1H3;1H. The lowest BCUT2D eigenvalue weighted by molar-refractivity contribution is 0.251. The summed E-state index contributed by atoms with van der Waals surface area (Å²) in [4.78, 5) is 2.76. The number of hydrogen-bond donors (Lipinski definition) is 1. The van der Waals surface area contributed by atoms with Crippen LogP contribution in [-0.2, 0) is 23.0 Å². The van der Waals surface area contributed by atoms with E-state index in [1.54, 1.807) is 6.07 Å². The molecule has 1 N–H and O–H groups in total. The highest BCUT2D eigenvalue weighted by Crippen LogP contribution is 2.25. The first-order valence-corrected chi connectivity index (χ1v) is 11.3. The third-order valence-corrected chi connectivity index (χ3v) is 7.06. The van der Waals surface area contributed by atoms with Gasteiger partial charge in [-0.1, -0.05) is 54.6 Å². The van der Waals surface area contributed by atoms with Gasteiger partial charge < -0.3 is 0 Å². The molecule has 0 saturated carbocycles. The zero-order valence-electron chi connectivity index (χ0n) is 16.6. The summed E-state index contributed by atoms with van der Waals surface area (Å²) in [5, 5.41) is 1.76. The highest BCUT2D eigenvalue weighted by Gasteiger charge is 2.18. The van der Waals surface area contributed by atoms with Crippen LogP contribution < -0.4 is 4.72 Å². The molecular weight excluding hydrogens is 404 g/mol. The van der Waals surface area contributed by atoms with Crippen LogP contribution >= 0.6 is 12.4 Å². The smallest absolute Gasteiger partial charge is 0.241 e. The van der Waals surface area contributed by atoms with Crippen molar-refractivity contribution in [2.45, 2.75) is 31.2 Å². The molecule has 0 radical (unpaired) electrons. The molecule has 0 aliphatic carbocycles. The zero-order valence-corrected chi connectivity index (χ0v) is 18.2. The second-order valence-electron chi connectivity index (χ2n) is 7.47. The van der Waals surface area contributed by atoms with E-state index in [0.717, 1.165) is 48.8 Å². The van der Waals surface area contributed by atoms with Crippen LogP contribution in [0, 0.1) is 6.92 Å². The van der Waals surface area contributed by atoms with Crippen molar-refractivity contribution >= 4 is 33.2 Å². The van der Waals surface area contributed by atoms with Gasteiger partial charge in [-0.15, -0.1) is 12.4 Å². The summed E-state index contributed by atoms with van der Waals surface area (Å²) in [5.41, 5.74) is 3.91. The Hall–Kier alpha value is -1.92. The third kappa shape index (κ3) is 4.81. The fourth-order valence-electron chi connectivity index (χ4n) is 3.99.